The third kappa shape index (κ3) is 18.4. The maximum absolute atomic E-state index is 12.7. The lowest BCUT2D eigenvalue weighted by Gasteiger charge is -2.49. The summed E-state index contributed by atoms with van der Waals surface area (Å²) in [5.74, 6) is -4.47. The van der Waals surface area contributed by atoms with Crippen molar-refractivity contribution in [3.63, 3.8) is 0 Å². The van der Waals surface area contributed by atoms with Crippen LogP contribution < -0.4 is 9.44 Å². The Morgan fingerprint density at radius 3 is 1.23 bits per heavy atom. The molecule has 0 spiro atoms. The average Bonchev–Trinajstić information content (AvgIpc) is 3.22. The zero-order valence-electron chi connectivity index (χ0n) is 36.3. The van der Waals surface area contributed by atoms with Crippen molar-refractivity contribution >= 4 is 74.1 Å². The van der Waals surface area contributed by atoms with Crippen LogP contribution in [-0.2, 0) is 126 Å². The fourth-order valence-corrected chi connectivity index (χ4v) is 9.98. The Hall–Kier alpha value is -2.36. The molecule has 0 aromatic heterocycles. The van der Waals surface area contributed by atoms with Gasteiger partial charge in [-0.2, -0.15) is 60.0 Å². The second kappa shape index (κ2) is 24.8. The number of aliphatic carboxylic acids is 2. The number of rotatable bonds is 25. The number of carbonyl (C=O) groups is 2. The van der Waals surface area contributed by atoms with Gasteiger partial charge < -0.3 is 73.6 Å². The second-order valence-corrected chi connectivity index (χ2v) is 22.0. The first-order valence-corrected chi connectivity index (χ1v) is 28.0. The van der Waals surface area contributed by atoms with Crippen molar-refractivity contribution in [1.82, 2.24) is 9.44 Å². The summed E-state index contributed by atoms with van der Waals surface area (Å²) in [4.78, 5) is 25.1. The van der Waals surface area contributed by atoms with Crippen molar-refractivity contribution in [1.29, 1.82) is 0 Å². The minimum absolute atomic E-state index is 0.114. The smallest absolute Gasteiger partial charge is 0.397 e. The van der Waals surface area contributed by atoms with E-state index in [1.165, 1.54) is 16.4 Å². The van der Waals surface area contributed by atoms with Crippen LogP contribution in [0.4, 0.5) is 0 Å². The summed E-state index contributed by atoms with van der Waals surface area (Å²) in [6.45, 7) is -2.12. The van der Waals surface area contributed by atoms with Crippen molar-refractivity contribution in [2.45, 2.75) is 136 Å². The number of carboxylic acid groups (broad SMARTS) is 2. The van der Waals surface area contributed by atoms with Crippen LogP contribution in [0.5, 0.6) is 0 Å². The molecule has 4 fully saturated rings. The van der Waals surface area contributed by atoms with Gasteiger partial charge in [-0.1, -0.05) is 6.92 Å². The van der Waals surface area contributed by atoms with Crippen LogP contribution in [0.3, 0.4) is 0 Å². The van der Waals surface area contributed by atoms with Gasteiger partial charge in [0.05, 0.1) is 13.2 Å². The summed E-state index contributed by atoms with van der Waals surface area (Å²) >= 11 is 0. The van der Waals surface area contributed by atoms with Gasteiger partial charge in [0.1, 0.15) is 73.1 Å². The number of hydrogen-bond acceptors (Lipinski definition) is 31. The first-order chi connectivity index (χ1) is 33.6. The van der Waals surface area contributed by atoms with E-state index in [9.17, 15) is 119 Å². The van der Waals surface area contributed by atoms with E-state index in [4.69, 9.17) is 42.4 Å². The quantitative estimate of drug-likeness (QED) is 0.0378. The molecule has 4 aliphatic heterocycles. The molecule has 20 atom stereocenters. The molecule has 0 aromatic rings. The maximum Gasteiger partial charge on any atom is 0.397 e. The average molecular weight is 1220 g/mol. The lowest BCUT2D eigenvalue weighted by molar-refractivity contribution is -0.367. The number of nitrogens with one attached hydrogen (secondary N) is 2. The topological polar surface area (TPSA) is 637 Å². The van der Waals surface area contributed by atoms with Crippen molar-refractivity contribution in [2.75, 3.05) is 19.8 Å². The molecular weight excluding hydrogens is 1170 g/mol. The number of hydrogen-bond donors (Lipinski definition) is 15. The molecule has 4 aliphatic rings. The van der Waals surface area contributed by atoms with Gasteiger partial charge in [0.15, 0.2) is 49.6 Å². The Morgan fingerprint density at radius 1 is 0.459 bits per heavy atom. The summed E-state index contributed by atoms with van der Waals surface area (Å²) in [6, 6.07) is -5.37. The molecule has 434 valence electrons. The van der Waals surface area contributed by atoms with Gasteiger partial charge in [-0.3, -0.25) is 27.3 Å². The van der Waals surface area contributed by atoms with Crippen molar-refractivity contribution < 1.29 is 178 Å². The van der Waals surface area contributed by atoms with Gasteiger partial charge in [-0.05, 0) is 6.42 Å². The van der Waals surface area contributed by atoms with Gasteiger partial charge in [0.2, 0.25) is 0 Å². The van der Waals surface area contributed by atoms with E-state index >= 15 is 0 Å². The summed E-state index contributed by atoms with van der Waals surface area (Å²) in [5, 5.41) is 75.8. The highest BCUT2D eigenvalue weighted by Crippen LogP contribution is 2.37. The molecular formula is C27H46N2O39S6. The highest BCUT2D eigenvalue weighted by molar-refractivity contribution is 7.84. The van der Waals surface area contributed by atoms with Crippen LogP contribution in [0.15, 0.2) is 0 Å². The highest BCUT2D eigenvalue weighted by Gasteiger charge is 2.60. The molecule has 2 unspecified atom stereocenters. The van der Waals surface area contributed by atoms with Crippen LogP contribution in [0.25, 0.3) is 0 Å². The minimum Gasteiger partial charge on any atom is -0.479 e. The molecule has 4 rings (SSSR count). The Morgan fingerprint density at radius 2 is 0.838 bits per heavy atom. The first kappa shape index (κ1) is 64.2. The standard InChI is InChI=1S/C27H46N2O39S6/c1-2-3-57-26-18(67-73(51,52)53)13(33)16(20(65-26)22(35)36)64-25-9(29-70(42,43)44)12(32)15(7(61-25)5-59-72(48,49)50)62-27-19(68-74(54,55)56)14(34)17(21(66-27)23(37)38)63-24-8(28-69(39,40)41)11(31)10(30)6(60-24)4-58-71(45,46)47/h6-21,24-34H,2-5H2,1H3,(H,35,36)(H,37,38)(H,39,40,41)(H,42,43,44)(H,45,46,47)(H,48,49,50)(H,51,52,53)(H,54,55,56)/t6-,7+,8+,9-,10-,11+,12?,13+,14+,15-,16+,17+,18-,19-,20?,21+,24-,25-,26-,27-/m0/s1. The van der Waals surface area contributed by atoms with Crippen molar-refractivity contribution in [3.8, 4) is 0 Å². The van der Waals surface area contributed by atoms with Gasteiger partial charge in [0, 0.05) is 6.61 Å². The summed E-state index contributed by atoms with van der Waals surface area (Å²) < 4.78 is 261. The van der Waals surface area contributed by atoms with Crippen molar-refractivity contribution in [2.24, 2.45) is 0 Å². The zero-order chi connectivity index (χ0) is 56.4. The largest absolute Gasteiger partial charge is 0.479 e. The van der Waals surface area contributed by atoms with Crippen LogP contribution in [0.2, 0.25) is 0 Å². The van der Waals surface area contributed by atoms with E-state index in [1.807, 2.05) is 0 Å². The van der Waals surface area contributed by atoms with Crippen LogP contribution in [0, 0.1) is 0 Å². The molecule has 0 amide bonds. The third-order valence-electron chi connectivity index (χ3n) is 10.1. The molecule has 4 heterocycles. The molecule has 0 bridgehead atoms. The van der Waals surface area contributed by atoms with E-state index < -0.39 is 210 Å². The predicted molar refractivity (Wildman–Crippen MR) is 216 cm³/mol. The molecule has 4 saturated heterocycles. The predicted octanol–water partition coefficient (Wildman–Crippen LogP) is -10.0. The molecule has 41 nitrogen and oxygen atoms in total. The van der Waals surface area contributed by atoms with E-state index in [2.05, 4.69) is 16.7 Å². The normalized spacial score (nSPS) is 38.1. The fourth-order valence-electron chi connectivity index (χ4n) is 7.21. The lowest BCUT2D eigenvalue weighted by atomic mass is 9.94. The number of ether oxygens (including phenoxy) is 8. The minimum atomic E-state index is -6.05. The van der Waals surface area contributed by atoms with E-state index in [1.54, 1.807) is 0 Å². The van der Waals surface area contributed by atoms with Crippen LogP contribution >= 0.6 is 0 Å². The van der Waals surface area contributed by atoms with Gasteiger partial charge in [-0.15, -0.1) is 0 Å². The summed E-state index contributed by atoms with van der Waals surface area (Å²) in [5.41, 5.74) is 0. The van der Waals surface area contributed by atoms with Gasteiger partial charge >= 0.3 is 74.1 Å². The molecule has 15 N–H and O–H groups in total. The van der Waals surface area contributed by atoms with E-state index in [0.29, 0.717) is 0 Å². The molecule has 47 heteroatoms. The molecule has 0 aliphatic carbocycles. The Balaban J connectivity index is 1.81. The SMILES string of the molecule is CCCO[C@H]1OC(C(=O)O)[C@H](O[C@@H]2O[C@H](COS(=O)(=O)O)[C@H](O[C@H]3O[C@@H](C(=O)O)[C@H](O[C@@H]4O[C@@H](COS(=O)(=O)O)[C@H](O)[C@H](O)[C@H]4NS(=O)(=O)O)[C@@H](O)[C@@H]3OS(=O)(=O)O)C(O)[C@@H]2NS(=O)(=O)O)[C@@H](O)[C@@H]1OS(=O)(=O)O. The number of aliphatic hydroxyl groups is 5. The molecule has 0 radical (unpaired) electrons. The van der Waals surface area contributed by atoms with E-state index in [0.717, 1.165) is 0 Å². The number of aliphatic hydroxyl groups excluding tert-OH is 5. The molecule has 0 saturated carbocycles. The second-order valence-electron chi connectivity index (χ2n) is 15.4. The van der Waals surface area contributed by atoms with Gasteiger partial charge in [0.25, 0.3) is 0 Å². The van der Waals surface area contributed by atoms with E-state index in [-0.39, 0.29) is 13.0 Å². The monoisotopic (exact) mass is 1210 g/mol. The Bertz CT molecular complexity index is 2640. The fraction of sp³-hybridized carbons (Fsp3) is 0.926. The third-order valence-corrected chi connectivity index (χ3v) is 13.0. The van der Waals surface area contributed by atoms with Crippen molar-refractivity contribution in [3.05, 3.63) is 0 Å². The number of carboxylic acids is 2. The highest BCUT2D eigenvalue weighted by atomic mass is 32.3. The summed E-state index contributed by atoms with van der Waals surface area (Å²) in [6.07, 6.45) is -49.0. The van der Waals surface area contributed by atoms with Gasteiger partial charge in [-0.25, -0.2) is 26.3 Å². The molecule has 74 heavy (non-hydrogen) atoms. The van der Waals surface area contributed by atoms with Crippen LogP contribution in [-0.4, -0.2) is 268 Å². The maximum atomic E-state index is 12.7. The molecule has 0 aromatic carbocycles. The Kier molecular flexibility index (Phi) is 21.5. The lowest BCUT2D eigenvalue weighted by Crippen LogP contribution is -2.70. The Labute approximate surface area is 415 Å². The summed E-state index contributed by atoms with van der Waals surface area (Å²) in [7, 11) is -34.1. The van der Waals surface area contributed by atoms with Crippen LogP contribution in [0.1, 0.15) is 13.3 Å². The zero-order valence-corrected chi connectivity index (χ0v) is 41.2. The first-order valence-electron chi connectivity index (χ1n) is 19.7.